The quantitative estimate of drug-likeness (QED) is 0.775. The third-order valence-corrected chi connectivity index (χ3v) is 3.78. The van der Waals surface area contributed by atoms with Gasteiger partial charge in [0.2, 0.25) is 0 Å². The van der Waals surface area contributed by atoms with Crippen LogP contribution < -0.4 is 5.32 Å². The van der Waals surface area contributed by atoms with Gasteiger partial charge in [-0.2, -0.15) is 13.2 Å². The Morgan fingerprint density at radius 2 is 2.06 bits per heavy atom. The third kappa shape index (κ3) is 5.99. The summed E-state index contributed by atoms with van der Waals surface area (Å²) in [6.45, 7) is 3.15. The molecule has 0 heterocycles. The summed E-state index contributed by atoms with van der Waals surface area (Å²) in [5.74, 6) is 0.707. The Labute approximate surface area is 99.6 Å². The maximum atomic E-state index is 11.9. The summed E-state index contributed by atoms with van der Waals surface area (Å²) in [5, 5.41) is 3.44. The van der Waals surface area contributed by atoms with Gasteiger partial charge in [0, 0.05) is 11.8 Å². The Morgan fingerprint density at radius 1 is 1.31 bits per heavy atom. The van der Waals surface area contributed by atoms with Crippen molar-refractivity contribution in [2.24, 2.45) is 5.92 Å². The van der Waals surface area contributed by atoms with Gasteiger partial charge >= 0.3 is 5.51 Å². The largest absolute Gasteiger partial charge is 0.441 e. The molecule has 0 amide bonds. The second kappa shape index (κ2) is 6.74. The Morgan fingerprint density at radius 3 is 2.69 bits per heavy atom. The molecule has 16 heavy (non-hydrogen) atoms. The van der Waals surface area contributed by atoms with E-state index in [4.69, 9.17) is 0 Å². The Hall–Kier alpha value is 0.100. The summed E-state index contributed by atoms with van der Waals surface area (Å²) in [6, 6.07) is 0.542. The van der Waals surface area contributed by atoms with Crippen LogP contribution in [-0.2, 0) is 0 Å². The zero-order valence-corrected chi connectivity index (χ0v) is 10.5. The van der Waals surface area contributed by atoms with Crippen molar-refractivity contribution in [1.29, 1.82) is 0 Å². The molecule has 0 aromatic carbocycles. The minimum atomic E-state index is -4.06. The lowest BCUT2D eigenvalue weighted by Crippen LogP contribution is -2.27. The van der Waals surface area contributed by atoms with Crippen molar-refractivity contribution in [1.82, 2.24) is 5.32 Å². The molecule has 0 aliphatic heterocycles. The molecule has 0 aromatic rings. The van der Waals surface area contributed by atoms with Crippen molar-refractivity contribution in [3.63, 3.8) is 0 Å². The summed E-state index contributed by atoms with van der Waals surface area (Å²) in [4.78, 5) is 0. The molecule has 5 heteroatoms. The fourth-order valence-electron chi connectivity index (χ4n) is 2.21. The summed E-state index contributed by atoms with van der Waals surface area (Å²) in [5.41, 5.74) is -4.06. The normalized spacial score (nSPS) is 26.2. The van der Waals surface area contributed by atoms with Gasteiger partial charge < -0.3 is 5.32 Å². The van der Waals surface area contributed by atoms with E-state index in [1.165, 1.54) is 0 Å². The highest BCUT2D eigenvalue weighted by molar-refractivity contribution is 8.00. The van der Waals surface area contributed by atoms with Gasteiger partial charge in [0.05, 0.1) is 0 Å². The van der Waals surface area contributed by atoms with Crippen LogP contribution in [-0.4, -0.2) is 23.8 Å². The number of hydrogen-bond donors (Lipinski definition) is 1. The second-order valence-corrected chi connectivity index (χ2v) is 5.57. The van der Waals surface area contributed by atoms with Crippen LogP contribution in [0.15, 0.2) is 0 Å². The van der Waals surface area contributed by atoms with Crippen molar-refractivity contribution in [2.45, 2.75) is 50.6 Å². The molecule has 1 rings (SSSR count). The highest BCUT2D eigenvalue weighted by atomic mass is 32.2. The maximum Gasteiger partial charge on any atom is 0.441 e. The second-order valence-electron chi connectivity index (χ2n) is 4.41. The fourth-order valence-corrected chi connectivity index (χ4v) is 2.89. The van der Waals surface area contributed by atoms with E-state index in [0.29, 0.717) is 18.4 Å². The molecule has 1 aliphatic rings. The lowest BCUT2D eigenvalue weighted by molar-refractivity contribution is -0.0328. The average Bonchev–Trinajstić information content (AvgIpc) is 2.61. The van der Waals surface area contributed by atoms with Gasteiger partial charge in [-0.1, -0.05) is 18.7 Å². The lowest BCUT2D eigenvalue weighted by atomic mass is 10.1. The molecule has 0 aromatic heterocycles. The number of rotatable bonds is 6. The van der Waals surface area contributed by atoms with Gasteiger partial charge in [0.15, 0.2) is 0 Å². The first-order valence-electron chi connectivity index (χ1n) is 5.95. The number of thioether (sulfide) groups is 1. The molecule has 2 atom stereocenters. The van der Waals surface area contributed by atoms with E-state index >= 15 is 0 Å². The van der Waals surface area contributed by atoms with Crippen molar-refractivity contribution < 1.29 is 13.2 Å². The first kappa shape index (κ1) is 14.2. The smallest absolute Gasteiger partial charge is 0.314 e. The van der Waals surface area contributed by atoms with Gasteiger partial charge in [0.25, 0.3) is 0 Å². The van der Waals surface area contributed by atoms with Crippen LogP contribution in [0.3, 0.4) is 0 Å². The molecular formula is C11H20F3NS. The number of hydrogen-bond acceptors (Lipinski definition) is 2. The van der Waals surface area contributed by atoms with Gasteiger partial charge in [-0.25, -0.2) is 0 Å². The molecule has 1 aliphatic carbocycles. The van der Waals surface area contributed by atoms with Crippen LogP contribution in [0.25, 0.3) is 0 Å². The van der Waals surface area contributed by atoms with Crippen molar-refractivity contribution >= 4 is 11.8 Å². The van der Waals surface area contributed by atoms with Gasteiger partial charge in [-0.15, -0.1) is 0 Å². The van der Waals surface area contributed by atoms with Crippen LogP contribution >= 0.6 is 11.8 Å². The molecule has 0 saturated heterocycles. The molecule has 0 spiro atoms. The Kier molecular flexibility index (Phi) is 5.97. The fraction of sp³-hybridized carbons (Fsp3) is 1.00. The first-order chi connectivity index (χ1) is 7.51. The summed E-state index contributed by atoms with van der Waals surface area (Å²) < 4.78 is 35.8. The Balaban J connectivity index is 2.07. The van der Waals surface area contributed by atoms with Crippen LogP contribution in [0.5, 0.6) is 0 Å². The molecule has 1 fully saturated rings. The molecule has 1 nitrogen and oxygen atoms in total. The van der Waals surface area contributed by atoms with E-state index in [-0.39, 0.29) is 17.5 Å². The van der Waals surface area contributed by atoms with E-state index in [0.717, 1.165) is 32.2 Å². The standard InChI is InChI=1S/C11H20F3NS/c1-2-6-15-10-4-3-9(8-10)5-7-16-11(12,13)14/h9-10,15H,2-8H2,1H3. The SMILES string of the molecule is CCCNC1CCC(CCSC(F)(F)F)C1. The highest BCUT2D eigenvalue weighted by Gasteiger charge is 2.29. The van der Waals surface area contributed by atoms with Crippen molar-refractivity contribution in [3.05, 3.63) is 0 Å². The molecule has 1 N–H and O–H groups in total. The lowest BCUT2D eigenvalue weighted by Gasteiger charge is -2.13. The number of nitrogens with one attached hydrogen (secondary N) is 1. The van der Waals surface area contributed by atoms with Crippen LogP contribution in [0, 0.1) is 5.92 Å². The van der Waals surface area contributed by atoms with Crippen LogP contribution in [0.4, 0.5) is 13.2 Å². The Bertz CT molecular complexity index is 196. The van der Waals surface area contributed by atoms with Crippen LogP contribution in [0.2, 0.25) is 0 Å². The van der Waals surface area contributed by atoms with E-state index in [1.54, 1.807) is 0 Å². The van der Waals surface area contributed by atoms with Gasteiger partial charge in [-0.05, 0) is 44.6 Å². The highest BCUT2D eigenvalue weighted by Crippen LogP contribution is 2.34. The van der Waals surface area contributed by atoms with E-state index in [2.05, 4.69) is 12.2 Å². The van der Waals surface area contributed by atoms with E-state index in [1.807, 2.05) is 0 Å². The van der Waals surface area contributed by atoms with Crippen molar-refractivity contribution in [3.8, 4) is 0 Å². The number of halogens is 3. The average molecular weight is 255 g/mol. The molecule has 0 bridgehead atoms. The van der Waals surface area contributed by atoms with Gasteiger partial charge in [-0.3, -0.25) is 0 Å². The van der Waals surface area contributed by atoms with E-state index < -0.39 is 5.51 Å². The van der Waals surface area contributed by atoms with Crippen LogP contribution in [0.1, 0.15) is 39.0 Å². The molecule has 96 valence electrons. The summed E-state index contributed by atoms with van der Waals surface area (Å²) in [7, 11) is 0. The molecule has 1 saturated carbocycles. The molecular weight excluding hydrogens is 235 g/mol. The summed E-state index contributed by atoms with van der Waals surface area (Å²) >= 11 is 0.119. The van der Waals surface area contributed by atoms with Crippen molar-refractivity contribution in [2.75, 3.05) is 12.3 Å². The van der Waals surface area contributed by atoms with E-state index in [9.17, 15) is 13.2 Å². The van der Waals surface area contributed by atoms with Gasteiger partial charge in [0.1, 0.15) is 0 Å². The minimum absolute atomic E-state index is 0.119. The first-order valence-corrected chi connectivity index (χ1v) is 6.94. The molecule has 0 radical (unpaired) electrons. The zero-order chi connectivity index (χ0) is 12.0. The zero-order valence-electron chi connectivity index (χ0n) is 9.65. The third-order valence-electron chi connectivity index (χ3n) is 3.02. The monoisotopic (exact) mass is 255 g/mol. The predicted molar refractivity (Wildman–Crippen MR) is 62.6 cm³/mol. The molecule has 2 unspecified atom stereocenters. The topological polar surface area (TPSA) is 12.0 Å². The minimum Gasteiger partial charge on any atom is -0.314 e. The maximum absolute atomic E-state index is 11.9. The number of alkyl halides is 3. The summed E-state index contributed by atoms with van der Waals surface area (Å²) in [6.07, 6.45) is 5.08. The predicted octanol–water partition coefficient (Wildman–Crippen LogP) is 3.80.